The summed E-state index contributed by atoms with van der Waals surface area (Å²) >= 11 is 1.13. The molecule has 0 radical (unpaired) electrons. The summed E-state index contributed by atoms with van der Waals surface area (Å²) in [5, 5.41) is 10.5. The van der Waals surface area contributed by atoms with Crippen LogP contribution in [0, 0.1) is 0 Å². The van der Waals surface area contributed by atoms with E-state index in [1.165, 1.54) is 28.6 Å². The van der Waals surface area contributed by atoms with E-state index in [9.17, 15) is 8.42 Å². The van der Waals surface area contributed by atoms with Gasteiger partial charge in [0.15, 0.2) is 6.33 Å². The molecule has 7 nitrogen and oxygen atoms in total. The Kier molecular flexibility index (Phi) is 2.90. The van der Waals surface area contributed by atoms with E-state index in [1.54, 1.807) is 6.07 Å². The molecule has 0 bridgehead atoms. The lowest BCUT2D eigenvalue weighted by Gasteiger charge is -2.01. The molecule has 0 saturated carbocycles. The lowest BCUT2D eigenvalue weighted by molar-refractivity contribution is 0.483. The fraction of sp³-hybridized carbons (Fsp3) is 0. The van der Waals surface area contributed by atoms with Crippen molar-refractivity contribution in [1.29, 1.82) is 0 Å². The van der Waals surface area contributed by atoms with Gasteiger partial charge in [-0.25, -0.2) is 0 Å². The third-order valence-electron chi connectivity index (χ3n) is 1.63. The molecule has 0 amide bonds. The van der Waals surface area contributed by atoms with Gasteiger partial charge in [0, 0.05) is 16.8 Å². The van der Waals surface area contributed by atoms with E-state index < -0.39 is 10.1 Å². The summed E-state index contributed by atoms with van der Waals surface area (Å²) in [6.45, 7) is 0. The van der Waals surface area contributed by atoms with Gasteiger partial charge >= 0.3 is 0 Å². The van der Waals surface area contributed by atoms with Gasteiger partial charge in [0.1, 0.15) is 0 Å². The van der Waals surface area contributed by atoms with Crippen molar-refractivity contribution in [2.45, 2.75) is 9.79 Å². The van der Waals surface area contributed by atoms with E-state index in [2.05, 4.69) is 15.5 Å². The van der Waals surface area contributed by atoms with E-state index >= 15 is 0 Å². The fourth-order valence-corrected chi connectivity index (χ4v) is 2.29. The average Bonchev–Trinajstić information content (AvgIpc) is 2.70. The Bertz CT molecular complexity index is 581. The van der Waals surface area contributed by atoms with Crippen molar-refractivity contribution in [2.75, 3.05) is 0 Å². The van der Waals surface area contributed by atoms with Crippen LogP contribution in [0.4, 0.5) is 0 Å². The van der Waals surface area contributed by atoms with E-state index in [0.717, 1.165) is 11.9 Å². The van der Waals surface area contributed by atoms with Crippen LogP contribution in [-0.4, -0.2) is 32.6 Å². The molecule has 1 heterocycles. The number of aromatic nitrogens is 4. The molecular formula is C7H6N4O3S2. The van der Waals surface area contributed by atoms with Crippen molar-refractivity contribution in [2.24, 2.45) is 0 Å². The molecule has 2 aromatic rings. The first kappa shape index (κ1) is 11.0. The first-order valence-electron chi connectivity index (χ1n) is 4.04. The Balaban J connectivity index is 2.30. The topological polar surface area (TPSA) is 98.0 Å². The van der Waals surface area contributed by atoms with Gasteiger partial charge in [-0.05, 0) is 28.6 Å². The standard InChI is InChI=1S/C7H6N4O3S2/c12-16(13,14)7-3-1-2-6(4-7)15-11-5-8-9-10-11/h1-5H,(H,12,13,14). The monoisotopic (exact) mass is 258 g/mol. The fourth-order valence-electron chi connectivity index (χ4n) is 0.994. The number of hydrogen-bond acceptors (Lipinski definition) is 6. The van der Waals surface area contributed by atoms with Crippen molar-refractivity contribution in [3.63, 3.8) is 0 Å². The highest BCUT2D eigenvalue weighted by Crippen LogP contribution is 2.21. The summed E-state index contributed by atoms with van der Waals surface area (Å²) in [6, 6.07) is 5.84. The minimum absolute atomic E-state index is 0.162. The second-order valence-corrected chi connectivity index (χ2v) is 5.20. The maximum Gasteiger partial charge on any atom is 0.294 e. The van der Waals surface area contributed by atoms with E-state index in [0.29, 0.717) is 4.90 Å². The number of nitrogens with zero attached hydrogens (tertiary/aromatic N) is 4. The van der Waals surface area contributed by atoms with Crippen LogP contribution in [0.25, 0.3) is 0 Å². The minimum Gasteiger partial charge on any atom is -0.282 e. The molecule has 0 atom stereocenters. The summed E-state index contributed by atoms with van der Waals surface area (Å²) in [6.07, 6.45) is 1.38. The maximum absolute atomic E-state index is 10.9. The van der Waals surface area contributed by atoms with Crippen molar-refractivity contribution in [1.82, 2.24) is 19.6 Å². The summed E-state index contributed by atoms with van der Waals surface area (Å²) in [4.78, 5) is 0.438. The molecule has 2 rings (SSSR count). The summed E-state index contributed by atoms with van der Waals surface area (Å²) in [5.41, 5.74) is 0. The number of tetrazole rings is 1. The molecular weight excluding hydrogens is 252 g/mol. The first-order chi connectivity index (χ1) is 7.55. The Hall–Kier alpha value is -1.45. The molecule has 84 valence electrons. The van der Waals surface area contributed by atoms with E-state index in [1.807, 2.05) is 0 Å². The molecule has 0 unspecified atom stereocenters. The molecule has 1 N–H and O–H groups in total. The zero-order chi connectivity index (χ0) is 11.6. The van der Waals surface area contributed by atoms with Gasteiger partial charge in [-0.1, -0.05) is 6.07 Å². The van der Waals surface area contributed by atoms with Crippen LogP contribution in [0.2, 0.25) is 0 Å². The number of rotatable bonds is 3. The summed E-state index contributed by atoms with van der Waals surface area (Å²) in [7, 11) is -4.18. The Morgan fingerprint density at radius 1 is 1.38 bits per heavy atom. The van der Waals surface area contributed by atoms with E-state index in [-0.39, 0.29) is 4.90 Å². The molecule has 0 spiro atoms. The van der Waals surface area contributed by atoms with E-state index in [4.69, 9.17) is 4.55 Å². The van der Waals surface area contributed by atoms with Gasteiger partial charge in [-0.15, -0.1) is 5.10 Å². The highest BCUT2D eigenvalue weighted by atomic mass is 32.2. The lowest BCUT2D eigenvalue weighted by Crippen LogP contribution is -1.98. The zero-order valence-corrected chi connectivity index (χ0v) is 9.39. The third-order valence-corrected chi connectivity index (χ3v) is 3.30. The van der Waals surface area contributed by atoms with Crippen LogP contribution < -0.4 is 0 Å². The molecule has 0 aliphatic heterocycles. The molecule has 16 heavy (non-hydrogen) atoms. The van der Waals surface area contributed by atoms with Gasteiger partial charge < -0.3 is 0 Å². The van der Waals surface area contributed by atoms with Gasteiger partial charge in [0.25, 0.3) is 10.1 Å². The van der Waals surface area contributed by atoms with Gasteiger partial charge in [-0.3, -0.25) is 4.55 Å². The Morgan fingerprint density at radius 3 is 2.81 bits per heavy atom. The molecule has 0 fully saturated rings. The third kappa shape index (κ3) is 2.56. The minimum atomic E-state index is -4.18. The highest BCUT2D eigenvalue weighted by Gasteiger charge is 2.10. The first-order valence-corrected chi connectivity index (χ1v) is 6.26. The molecule has 0 aliphatic rings. The van der Waals surface area contributed by atoms with Crippen molar-refractivity contribution in [3.8, 4) is 0 Å². The largest absolute Gasteiger partial charge is 0.294 e. The van der Waals surface area contributed by atoms with Crippen molar-refractivity contribution in [3.05, 3.63) is 30.6 Å². The van der Waals surface area contributed by atoms with Crippen LogP contribution in [0.3, 0.4) is 0 Å². The normalized spacial score (nSPS) is 11.6. The maximum atomic E-state index is 10.9. The van der Waals surface area contributed by atoms with Gasteiger partial charge in [-0.2, -0.15) is 12.5 Å². The van der Waals surface area contributed by atoms with Crippen LogP contribution in [0.5, 0.6) is 0 Å². The van der Waals surface area contributed by atoms with Crippen molar-refractivity contribution >= 4 is 22.1 Å². The Labute approximate surface area is 95.4 Å². The SMILES string of the molecule is O=S(=O)(O)c1cccc(Sn2cnnn2)c1. The second-order valence-electron chi connectivity index (χ2n) is 2.75. The predicted molar refractivity (Wildman–Crippen MR) is 55.3 cm³/mol. The highest BCUT2D eigenvalue weighted by molar-refractivity contribution is 7.97. The molecule has 1 aromatic heterocycles. The quantitative estimate of drug-likeness (QED) is 0.799. The van der Waals surface area contributed by atoms with Crippen molar-refractivity contribution < 1.29 is 13.0 Å². The van der Waals surface area contributed by atoms with Gasteiger partial charge in [0.2, 0.25) is 0 Å². The number of benzene rings is 1. The smallest absolute Gasteiger partial charge is 0.282 e. The molecule has 1 aromatic carbocycles. The predicted octanol–water partition coefficient (Wildman–Crippen LogP) is 0.475. The zero-order valence-electron chi connectivity index (χ0n) is 7.76. The second kappa shape index (κ2) is 4.20. The molecule has 9 heteroatoms. The van der Waals surface area contributed by atoms with Crippen LogP contribution in [0.1, 0.15) is 0 Å². The van der Waals surface area contributed by atoms with Crippen LogP contribution in [0.15, 0.2) is 40.4 Å². The lowest BCUT2D eigenvalue weighted by atomic mass is 10.4. The average molecular weight is 258 g/mol. The summed E-state index contributed by atoms with van der Waals surface area (Å²) < 4.78 is 32.0. The molecule has 0 saturated heterocycles. The van der Waals surface area contributed by atoms with Crippen LogP contribution >= 0.6 is 11.9 Å². The van der Waals surface area contributed by atoms with Crippen LogP contribution in [-0.2, 0) is 10.1 Å². The summed E-state index contributed by atoms with van der Waals surface area (Å²) in [5.74, 6) is 0. The van der Waals surface area contributed by atoms with Gasteiger partial charge in [0.05, 0.1) is 4.90 Å². The Morgan fingerprint density at radius 2 is 2.19 bits per heavy atom. The molecule has 0 aliphatic carbocycles. The number of hydrogen-bond donors (Lipinski definition) is 1.